The molecule has 0 spiro atoms. The predicted octanol–water partition coefficient (Wildman–Crippen LogP) is 0.840. The van der Waals surface area contributed by atoms with Crippen LogP contribution in [-0.4, -0.2) is 41.5 Å². The van der Waals surface area contributed by atoms with Crippen LogP contribution in [0.2, 0.25) is 0 Å². The van der Waals surface area contributed by atoms with Crippen molar-refractivity contribution in [2.24, 2.45) is 5.73 Å². The van der Waals surface area contributed by atoms with Crippen molar-refractivity contribution in [2.75, 3.05) is 19.6 Å². The summed E-state index contributed by atoms with van der Waals surface area (Å²) in [6.07, 6.45) is 0.391. The van der Waals surface area contributed by atoms with Crippen molar-refractivity contribution in [3.8, 4) is 0 Å². The van der Waals surface area contributed by atoms with E-state index in [0.29, 0.717) is 12.5 Å². The van der Waals surface area contributed by atoms with E-state index in [1.165, 1.54) is 0 Å². The third-order valence-corrected chi connectivity index (χ3v) is 2.41. The Bertz CT molecular complexity index is 480. The van der Waals surface area contributed by atoms with Gasteiger partial charge in [0.15, 0.2) is 0 Å². The molecule has 7 heteroatoms. The third kappa shape index (κ3) is 4.29. The summed E-state index contributed by atoms with van der Waals surface area (Å²) in [5.41, 5.74) is 4.93. The molecule has 0 unspecified atom stereocenters. The van der Waals surface area contributed by atoms with Crippen LogP contribution >= 0.6 is 0 Å². The van der Waals surface area contributed by atoms with Gasteiger partial charge in [-0.3, -0.25) is 9.59 Å². The Labute approximate surface area is 108 Å². The number of hydrogen-bond acceptors (Lipinski definition) is 3. The quantitative estimate of drug-likeness (QED) is 0.803. The molecule has 0 aromatic heterocycles. The van der Waals surface area contributed by atoms with Crippen LogP contribution in [0, 0.1) is 11.6 Å². The normalized spacial score (nSPS) is 10.3. The molecule has 0 atom stereocenters. The van der Waals surface area contributed by atoms with Crippen molar-refractivity contribution >= 4 is 11.9 Å². The van der Waals surface area contributed by atoms with Crippen LogP contribution in [0.5, 0.6) is 0 Å². The number of carboxylic acids is 1. The average Bonchev–Trinajstić information content (AvgIpc) is 2.33. The largest absolute Gasteiger partial charge is 0.480 e. The number of carbonyl (C=O) groups excluding carboxylic acids is 1. The van der Waals surface area contributed by atoms with Crippen LogP contribution in [-0.2, 0) is 4.79 Å². The summed E-state index contributed by atoms with van der Waals surface area (Å²) >= 11 is 0. The van der Waals surface area contributed by atoms with Gasteiger partial charge in [0, 0.05) is 12.6 Å². The molecule has 1 aromatic rings. The summed E-state index contributed by atoms with van der Waals surface area (Å²) in [5.74, 6) is -3.84. The smallest absolute Gasteiger partial charge is 0.323 e. The second-order valence-corrected chi connectivity index (χ2v) is 3.89. The maximum Gasteiger partial charge on any atom is 0.323 e. The van der Waals surface area contributed by atoms with Crippen molar-refractivity contribution in [1.82, 2.24) is 4.90 Å². The summed E-state index contributed by atoms with van der Waals surface area (Å²) in [4.78, 5) is 23.6. The molecular formula is C12H14F2N2O3. The van der Waals surface area contributed by atoms with Crippen LogP contribution in [0.25, 0.3) is 0 Å². The van der Waals surface area contributed by atoms with Crippen molar-refractivity contribution < 1.29 is 23.5 Å². The number of rotatable bonds is 6. The molecule has 5 nitrogen and oxygen atoms in total. The SMILES string of the molecule is NCCCN(CC(=O)O)C(=O)c1ccc(F)cc1F. The molecule has 0 bridgehead atoms. The standard InChI is InChI=1S/C12H14F2N2O3/c13-8-2-3-9(10(14)6-8)12(19)16(5-1-4-15)7-11(17)18/h2-3,6H,1,4-5,7,15H2,(H,17,18). The first-order chi connectivity index (χ1) is 8.95. The van der Waals surface area contributed by atoms with Crippen LogP contribution in [0.1, 0.15) is 16.8 Å². The molecule has 1 amide bonds. The topological polar surface area (TPSA) is 83.6 Å². The Morgan fingerprint density at radius 2 is 2.00 bits per heavy atom. The number of aliphatic carboxylic acids is 1. The number of carbonyl (C=O) groups is 2. The van der Waals surface area contributed by atoms with Gasteiger partial charge < -0.3 is 15.7 Å². The number of benzene rings is 1. The molecule has 1 rings (SSSR count). The summed E-state index contributed by atoms with van der Waals surface area (Å²) in [6.45, 7) is -0.191. The maximum atomic E-state index is 13.5. The Hall–Kier alpha value is -2.02. The average molecular weight is 272 g/mol. The lowest BCUT2D eigenvalue weighted by molar-refractivity contribution is -0.137. The molecule has 0 radical (unpaired) electrons. The van der Waals surface area contributed by atoms with Gasteiger partial charge in [0.2, 0.25) is 0 Å². The monoisotopic (exact) mass is 272 g/mol. The minimum absolute atomic E-state index is 0.0957. The van der Waals surface area contributed by atoms with Gasteiger partial charge in [0.25, 0.3) is 5.91 Å². The first kappa shape index (κ1) is 15.0. The van der Waals surface area contributed by atoms with Gasteiger partial charge in [-0.05, 0) is 25.1 Å². The van der Waals surface area contributed by atoms with Gasteiger partial charge in [0.05, 0.1) is 5.56 Å². The van der Waals surface area contributed by atoms with E-state index in [0.717, 1.165) is 17.0 Å². The molecule has 1 aromatic carbocycles. The summed E-state index contributed by atoms with van der Waals surface area (Å²) in [6, 6.07) is 2.51. The summed E-state index contributed by atoms with van der Waals surface area (Å²) in [5, 5.41) is 8.71. The van der Waals surface area contributed by atoms with E-state index < -0.39 is 30.1 Å². The van der Waals surface area contributed by atoms with Gasteiger partial charge >= 0.3 is 5.97 Å². The van der Waals surface area contributed by atoms with Crippen molar-refractivity contribution in [1.29, 1.82) is 0 Å². The highest BCUT2D eigenvalue weighted by Gasteiger charge is 2.21. The summed E-state index contributed by atoms with van der Waals surface area (Å²) < 4.78 is 26.2. The van der Waals surface area contributed by atoms with Crippen LogP contribution < -0.4 is 5.73 Å². The van der Waals surface area contributed by atoms with Crippen molar-refractivity contribution in [3.05, 3.63) is 35.4 Å². The fourth-order valence-electron chi connectivity index (χ4n) is 1.53. The van der Waals surface area contributed by atoms with Crippen LogP contribution in [0.3, 0.4) is 0 Å². The van der Waals surface area contributed by atoms with Gasteiger partial charge in [0.1, 0.15) is 18.2 Å². The summed E-state index contributed by atoms with van der Waals surface area (Å²) in [7, 11) is 0. The van der Waals surface area contributed by atoms with E-state index in [4.69, 9.17) is 10.8 Å². The zero-order valence-corrected chi connectivity index (χ0v) is 10.1. The molecule has 3 N–H and O–H groups in total. The van der Waals surface area contributed by atoms with Gasteiger partial charge in [-0.2, -0.15) is 0 Å². The zero-order valence-electron chi connectivity index (χ0n) is 10.1. The number of nitrogens with two attached hydrogens (primary N) is 1. The van der Waals surface area contributed by atoms with Crippen LogP contribution in [0.15, 0.2) is 18.2 Å². The van der Waals surface area contributed by atoms with E-state index in [-0.39, 0.29) is 18.7 Å². The molecule has 0 fully saturated rings. The molecule has 0 saturated carbocycles. The molecule has 104 valence electrons. The third-order valence-electron chi connectivity index (χ3n) is 2.41. The van der Waals surface area contributed by atoms with Gasteiger partial charge in [-0.15, -0.1) is 0 Å². The number of amides is 1. The first-order valence-corrected chi connectivity index (χ1v) is 5.62. The lowest BCUT2D eigenvalue weighted by Gasteiger charge is -2.20. The second kappa shape index (κ2) is 6.79. The first-order valence-electron chi connectivity index (χ1n) is 5.62. The lowest BCUT2D eigenvalue weighted by Crippen LogP contribution is -2.37. The molecule has 19 heavy (non-hydrogen) atoms. The van der Waals surface area contributed by atoms with Gasteiger partial charge in [-0.25, -0.2) is 8.78 Å². The Kier molecular flexibility index (Phi) is 5.37. The molecule has 0 aliphatic rings. The van der Waals surface area contributed by atoms with E-state index in [2.05, 4.69) is 0 Å². The second-order valence-electron chi connectivity index (χ2n) is 3.89. The number of carboxylic acid groups (broad SMARTS) is 1. The maximum absolute atomic E-state index is 13.5. The van der Waals surface area contributed by atoms with E-state index in [1.54, 1.807) is 0 Å². The van der Waals surface area contributed by atoms with Crippen LogP contribution in [0.4, 0.5) is 8.78 Å². The highest BCUT2D eigenvalue weighted by atomic mass is 19.1. The predicted molar refractivity (Wildman–Crippen MR) is 63.6 cm³/mol. The number of nitrogens with zero attached hydrogens (tertiary/aromatic N) is 1. The zero-order chi connectivity index (χ0) is 14.4. The molecule has 0 aliphatic heterocycles. The number of hydrogen-bond donors (Lipinski definition) is 2. The minimum atomic E-state index is -1.21. The molecular weight excluding hydrogens is 258 g/mol. The highest BCUT2D eigenvalue weighted by Crippen LogP contribution is 2.12. The van der Waals surface area contributed by atoms with Crippen molar-refractivity contribution in [3.63, 3.8) is 0 Å². The molecule has 0 heterocycles. The van der Waals surface area contributed by atoms with Gasteiger partial charge in [-0.1, -0.05) is 0 Å². The number of halogens is 2. The lowest BCUT2D eigenvalue weighted by atomic mass is 10.1. The van der Waals surface area contributed by atoms with E-state index >= 15 is 0 Å². The van der Waals surface area contributed by atoms with E-state index in [9.17, 15) is 18.4 Å². The Balaban J connectivity index is 2.93. The van der Waals surface area contributed by atoms with E-state index in [1.807, 2.05) is 0 Å². The Morgan fingerprint density at radius 1 is 1.32 bits per heavy atom. The Morgan fingerprint density at radius 3 is 2.53 bits per heavy atom. The fraction of sp³-hybridized carbons (Fsp3) is 0.333. The highest BCUT2D eigenvalue weighted by molar-refractivity contribution is 5.96. The fourth-order valence-corrected chi connectivity index (χ4v) is 1.53. The molecule has 0 aliphatic carbocycles. The minimum Gasteiger partial charge on any atom is -0.480 e. The van der Waals surface area contributed by atoms with Crippen molar-refractivity contribution in [2.45, 2.75) is 6.42 Å². The molecule has 0 saturated heterocycles.